The summed E-state index contributed by atoms with van der Waals surface area (Å²) in [6.45, 7) is 12.0. The number of rotatable bonds is 10. The van der Waals surface area contributed by atoms with Crippen LogP contribution in [0, 0.1) is 47.3 Å². The van der Waals surface area contributed by atoms with E-state index in [0.717, 1.165) is 37.0 Å². The van der Waals surface area contributed by atoms with Gasteiger partial charge in [-0.25, -0.2) is 0 Å². The van der Waals surface area contributed by atoms with E-state index >= 15 is 0 Å². The lowest BCUT2D eigenvalue weighted by Crippen LogP contribution is -2.21. The summed E-state index contributed by atoms with van der Waals surface area (Å²) in [6, 6.07) is 0. The quantitative estimate of drug-likeness (QED) is 0.173. The zero-order valence-corrected chi connectivity index (χ0v) is 20.4. The van der Waals surface area contributed by atoms with Gasteiger partial charge in [0.25, 0.3) is 0 Å². The molecule has 2 saturated carbocycles. The van der Waals surface area contributed by atoms with Crippen LogP contribution in [0.2, 0.25) is 0 Å². The van der Waals surface area contributed by atoms with Gasteiger partial charge >= 0.3 is 5.97 Å². The number of unbranched alkanes of at least 4 members (excludes halogenated alkanes) is 1. The van der Waals surface area contributed by atoms with Gasteiger partial charge < -0.3 is 4.74 Å². The third-order valence-corrected chi connectivity index (χ3v) is 7.49. The van der Waals surface area contributed by atoms with Gasteiger partial charge in [-0.15, -0.1) is 11.8 Å². The van der Waals surface area contributed by atoms with Gasteiger partial charge in [-0.1, -0.05) is 44.6 Å². The maximum Gasteiger partial charge on any atom is 0.306 e. The maximum absolute atomic E-state index is 11.8. The zero-order valence-electron chi connectivity index (χ0n) is 20.4. The van der Waals surface area contributed by atoms with Crippen LogP contribution in [0.3, 0.4) is 0 Å². The summed E-state index contributed by atoms with van der Waals surface area (Å²) in [4.78, 5) is 23.0. The summed E-state index contributed by atoms with van der Waals surface area (Å²) in [7, 11) is 0. The molecule has 0 saturated heterocycles. The second-order valence-corrected chi connectivity index (χ2v) is 9.97. The number of hydrogen-bond acceptors (Lipinski definition) is 3. The van der Waals surface area contributed by atoms with E-state index in [9.17, 15) is 9.59 Å². The largest absolute Gasteiger partial charge is 0.455 e. The maximum atomic E-state index is 11.8. The third-order valence-electron chi connectivity index (χ3n) is 7.49. The van der Waals surface area contributed by atoms with E-state index in [4.69, 9.17) is 4.74 Å². The van der Waals surface area contributed by atoms with E-state index in [1.54, 1.807) is 12.5 Å². The molecule has 2 unspecified atom stereocenters. The van der Waals surface area contributed by atoms with Crippen LogP contribution < -0.4 is 0 Å². The molecule has 0 amide bonds. The standard InChI is InChI=1S/C28H42O3/c1-7-8-11-19(2)20(3)14-15-26-21(4)16-25-17-24(18-27(25)26)12-9-10-13-28(30)31-23(6)22(5)29/h12,14-15,19-21,23,25-27H,9-11,13,16-18H2,1-6H3/b15-14+,24-12+/t19?,20-,21?,23-,25-,26+,27+/m1/s1. The smallest absolute Gasteiger partial charge is 0.306 e. The van der Waals surface area contributed by atoms with Crippen molar-refractivity contribution < 1.29 is 14.3 Å². The molecule has 0 radical (unpaired) electrons. The first kappa shape index (κ1) is 25.4. The fourth-order valence-corrected chi connectivity index (χ4v) is 5.14. The van der Waals surface area contributed by atoms with E-state index in [1.165, 1.54) is 26.2 Å². The monoisotopic (exact) mass is 426 g/mol. The van der Waals surface area contributed by atoms with Gasteiger partial charge in [0.2, 0.25) is 0 Å². The topological polar surface area (TPSA) is 43.4 Å². The highest BCUT2D eigenvalue weighted by atomic mass is 16.5. The second-order valence-electron chi connectivity index (χ2n) is 9.97. The van der Waals surface area contributed by atoms with Crippen molar-refractivity contribution in [3.05, 3.63) is 23.8 Å². The lowest BCUT2D eigenvalue weighted by Gasteiger charge is -2.20. The number of carbonyl (C=O) groups is 2. The minimum atomic E-state index is -0.627. The molecular formula is C28H42O3. The molecule has 3 nitrogen and oxygen atoms in total. The van der Waals surface area contributed by atoms with Crippen LogP contribution in [0.25, 0.3) is 0 Å². The Morgan fingerprint density at radius 1 is 1.23 bits per heavy atom. The predicted octanol–water partition coefficient (Wildman–Crippen LogP) is 6.53. The number of carbonyl (C=O) groups excluding carboxylic acids is 2. The molecule has 2 aliphatic rings. The summed E-state index contributed by atoms with van der Waals surface area (Å²) in [5.41, 5.74) is 1.57. The fourth-order valence-electron chi connectivity index (χ4n) is 5.14. The Balaban J connectivity index is 1.81. The molecule has 0 spiro atoms. The van der Waals surface area contributed by atoms with Crippen LogP contribution >= 0.6 is 0 Å². The van der Waals surface area contributed by atoms with Gasteiger partial charge in [-0.3, -0.25) is 9.59 Å². The molecule has 3 heteroatoms. The van der Waals surface area contributed by atoms with E-state index in [0.29, 0.717) is 24.2 Å². The Morgan fingerprint density at radius 3 is 2.65 bits per heavy atom. The van der Waals surface area contributed by atoms with E-state index in [-0.39, 0.29) is 11.8 Å². The third kappa shape index (κ3) is 7.67. The number of hydrogen-bond donors (Lipinski definition) is 0. The number of ketones is 1. The SMILES string of the molecule is CC#CCC(C)[C@H](C)/C=C/[C@H]1C(C)C[C@@H]2C/C(=C\CCCC(=O)O[C@H](C)C(C)=O)C[C@@H]21. The van der Waals surface area contributed by atoms with E-state index < -0.39 is 6.10 Å². The second kappa shape index (κ2) is 12.3. The first-order chi connectivity index (χ1) is 14.7. The van der Waals surface area contributed by atoms with Gasteiger partial charge in [-0.2, -0.15) is 0 Å². The van der Waals surface area contributed by atoms with Crippen LogP contribution in [0.15, 0.2) is 23.8 Å². The van der Waals surface area contributed by atoms with Crippen molar-refractivity contribution in [2.24, 2.45) is 35.5 Å². The van der Waals surface area contributed by atoms with Crippen LogP contribution in [-0.4, -0.2) is 17.9 Å². The number of allylic oxidation sites excluding steroid dienone is 4. The lowest BCUT2D eigenvalue weighted by molar-refractivity contribution is -0.153. The Hall–Kier alpha value is -1.82. The molecule has 0 aromatic rings. The molecule has 172 valence electrons. The normalized spacial score (nSPS) is 29.3. The van der Waals surface area contributed by atoms with E-state index in [2.05, 4.69) is 50.8 Å². The molecule has 2 aliphatic carbocycles. The van der Waals surface area contributed by atoms with Gasteiger partial charge in [0.05, 0.1) is 0 Å². The molecule has 0 aliphatic heterocycles. The van der Waals surface area contributed by atoms with Crippen LogP contribution in [0.4, 0.5) is 0 Å². The van der Waals surface area contributed by atoms with Gasteiger partial charge in [0.15, 0.2) is 11.9 Å². The van der Waals surface area contributed by atoms with Crippen molar-refractivity contribution in [1.82, 2.24) is 0 Å². The molecule has 7 atom stereocenters. The van der Waals surface area contributed by atoms with Crippen LogP contribution in [0.1, 0.15) is 86.5 Å². The van der Waals surface area contributed by atoms with Crippen LogP contribution in [0.5, 0.6) is 0 Å². The highest BCUT2D eigenvalue weighted by molar-refractivity contribution is 5.83. The number of esters is 1. The summed E-state index contributed by atoms with van der Waals surface area (Å²) in [6.07, 6.45) is 13.5. The first-order valence-corrected chi connectivity index (χ1v) is 12.2. The molecule has 0 bridgehead atoms. The highest BCUT2D eigenvalue weighted by Crippen LogP contribution is 2.53. The summed E-state index contributed by atoms with van der Waals surface area (Å²) in [5.74, 6) is 10.1. The molecule has 0 aromatic heterocycles. The Kier molecular flexibility index (Phi) is 10.1. The van der Waals surface area contributed by atoms with Crippen molar-refractivity contribution in [1.29, 1.82) is 0 Å². The molecule has 31 heavy (non-hydrogen) atoms. The molecule has 0 heterocycles. The van der Waals surface area contributed by atoms with Gasteiger partial charge in [0, 0.05) is 12.8 Å². The Morgan fingerprint density at radius 2 is 1.97 bits per heavy atom. The average molecular weight is 427 g/mol. The summed E-state index contributed by atoms with van der Waals surface area (Å²) < 4.78 is 5.13. The van der Waals surface area contributed by atoms with Crippen molar-refractivity contribution in [2.45, 2.75) is 92.6 Å². The minimum absolute atomic E-state index is 0.107. The predicted molar refractivity (Wildman–Crippen MR) is 127 cm³/mol. The van der Waals surface area contributed by atoms with Gasteiger partial charge in [-0.05, 0) is 88.4 Å². The minimum Gasteiger partial charge on any atom is -0.455 e. The van der Waals surface area contributed by atoms with Gasteiger partial charge in [0.1, 0.15) is 0 Å². The number of ether oxygens (including phenoxy) is 1. The van der Waals surface area contributed by atoms with E-state index in [1.807, 2.05) is 6.92 Å². The Bertz CT molecular complexity index is 735. The van der Waals surface area contributed by atoms with Crippen molar-refractivity contribution in [3.8, 4) is 11.8 Å². The number of fused-ring (bicyclic) bond motifs is 1. The zero-order chi connectivity index (χ0) is 23.0. The molecular weight excluding hydrogens is 384 g/mol. The molecule has 0 N–H and O–H groups in total. The van der Waals surface area contributed by atoms with Crippen molar-refractivity contribution in [2.75, 3.05) is 0 Å². The first-order valence-electron chi connectivity index (χ1n) is 12.2. The van der Waals surface area contributed by atoms with Crippen LogP contribution in [-0.2, 0) is 14.3 Å². The number of Topliss-reactive ketones (excluding diaryl/α,β-unsaturated/α-hetero) is 1. The fraction of sp³-hybridized carbons (Fsp3) is 0.714. The highest BCUT2D eigenvalue weighted by Gasteiger charge is 2.43. The lowest BCUT2D eigenvalue weighted by atomic mass is 9.85. The molecule has 0 aromatic carbocycles. The summed E-state index contributed by atoms with van der Waals surface area (Å²) >= 11 is 0. The molecule has 2 fully saturated rings. The van der Waals surface area contributed by atoms with Crippen molar-refractivity contribution in [3.63, 3.8) is 0 Å². The van der Waals surface area contributed by atoms with Crippen molar-refractivity contribution >= 4 is 11.8 Å². The summed E-state index contributed by atoms with van der Waals surface area (Å²) in [5, 5.41) is 0. The average Bonchev–Trinajstić information content (AvgIpc) is 3.23. The molecule has 2 rings (SSSR count). The Labute approximate surface area is 190 Å².